The fourth-order valence-electron chi connectivity index (χ4n) is 3.26. The van der Waals surface area contributed by atoms with Gasteiger partial charge in [-0.3, -0.25) is 0 Å². The van der Waals surface area contributed by atoms with E-state index in [9.17, 15) is 4.79 Å². The van der Waals surface area contributed by atoms with Gasteiger partial charge in [0.25, 0.3) is 0 Å². The summed E-state index contributed by atoms with van der Waals surface area (Å²) in [6, 6.07) is 0. The second-order valence-corrected chi connectivity index (χ2v) is 5.22. The number of carbonyl (C=O) groups is 1. The predicted octanol–water partition coefficient (Wildman–Crippen LogP) is 4.11. The summed E-state index contributed by atoms with van der Waals surface area (Å²) >= 11 is 5.37. The molecule has 2 rings (SSSR count). The van der Waals surface area contributed by atoms with E-state index in [1.807, 2.05) is 0 Å². The van der Waals surface area contributed by atoms with Crippen molar-refractivity contribution in [2.45, 2.75) is 57.5 Å². The highest BCUT2D eigenvalue weighted by Gasteiger charge is 2.35. The van der Waals surface area contributed by atoms with Crippen LogP contribution in [0.25, 0.3) is 0 Å². The van der Waals surface area contributed by atoms with Crippen molar-refractivity contribution >= 4 is 17.0 Å². The molecule has 0 unspecified atom stereocenters. The lowest BCUT2D eigenvalue weighted by atomic mass is 9.88. The van der Waals surface area contributed by atoms with E-state index >= 15 is 0 Å². The van der Waals surface area contributed by atoms with Crippen LogP contribution in [0, 0.1) is 11.8 Å². The average Bonchev–Trinajstić information content (AvgIpc) is 2.87. The molecule has 3 heteroatoms. The number of halogens is 1. The van der Waals surface area contributed by atoms with Crippen LogP contribution in [0.3, 0.4) is 0 Å². The first-order valence-electron chi connectivity index (χ1n) is 6.13. The zero-order chi connectivity index (χ0) is 10.7. The van der Waals surface area contributed by atoms with E-state index in [0.717, 1.165) is 0 Å². The van der Waals surface area contributed by atoms with Crippen molar-refractivity contribution in [2.24, 2.45) is 11.8 Å². The van der Waals surface area contributed by atoms with Gasteiger partial charge >= 0.3 is 5.43 Å². The van der Waals surface area contributed by atoms with Gasteiger partial charge in [-0.05, 0) is 37.5 Å². The highest BCUT2D eigenvalue weighted by atomic mass is 35.5. The Morgan fingerprint density at radius 2 is 1.40 bits per heavy atom. The number of rotatable bonds is 3. The summed E-state index contributed by atoms with van der Waals surface area (Å²) in [5, 5.41) is 0. The second kappa shape index (κ2) is 5.20. The number of hydrogen-bond donors (Lipinski definition) is 0. The van der Waals surface area contributed by atoms with Gasteiger partial charge in [0, 0.05) is 11.6 Å². The van der Waals surface area contributed by atoms with Crippen molar-refractivity contribution in [3.05, 3.63) is 0 Å². The lowest BCUT2D eigenvalue weighted by molar-refractivity contribution is 0.0403. The highest BCUT2D eigenvalue weighted by molar-refractivity contribution is 6.61. The Hall–Kier alpha value is -0.240. The van der Waals surface area contributed by atoms with E-state index in [0.29, 0.717) is 11.8 Å². The first-order chi connectivity index (χ1) is 7.27. The molecule has 86 valence electrons. The lowest BCUT2D eigenvalue weighted by Crippen LogP contribution is -2.30. The molecule has 15 heavy (non-hydrogen) atoms. The zero-order valence-electron chi connectivity index (χ0n) is 9.08. The van der Waals surface area contributed by atoms with Crippen LogP contribution in [0.15, 0.2) is 0 Å². The molecule has 2 nitrogen and oxygen atoms in total. The van der Waals surface area contributed by atoms with Crippen molar-refractivity contribution in [2.75, 3.05) is 0 Å². The van der Waals surface area contributed by atoms with Crippen LogP contribution in [-0.2, 0) is 4.74 Å². The van der Waals surface area contributed by atoms with Gasteiger partial charge in [0.2, 0.25) is 0 Å². The van der Waals surface area contributed by atoms with E-state index in [1.54, 1.807) is 0 Å². The third kappa shape index (κ3) is 2.87. The molecule has 0 aromatic rings. The van der Waals surface area contributed by atoms with Crippen molar-refractivity contribution in [1.29, 1.82) is 0 Å². The molecular weight excluding hydrogens is 212 g/mol. The SMILES string of the molecule is O=C(Cl)OC(C1CCCC1)C1CCCC1. The second-order valence-electron chi connectivity index (χ2n) is 4.91. The normalized spacial score (nSPS) is 23.9. The lowest BCUT2D eigenvalue weighted by Gasteiger charge is -2.27. The highest BCUT2D eigenvalue weighted by Crippen LogP contribution is 2.39. The quantitative estimate of drug-likeness (QED) is 0.682. The minimum Gasteiger partial charge on any atom is -0.450 e. The van der Waals surface area contributed by atoms with Crippen LogP contribution in [0.5, 0.6) is 0 Å². The molecule has 0 aromatic carbocycles. The molecule has 0 amide bonds. The molecule has 2 aliphatic rings. The summed E-state index contributed by atoms with van der Waals surface area (Å²) in [5.74, 6) is 1.16. The molecule has 0 N–H and O–H groups in total. The van der Waals surface area contributed by atoms with E-state index in [2.05, 4.69) is 0 Å². The summed E-state index contributed by atoms with van der Waals surface area (Å²) in [6.45, 7) is 0. The van der Waals surface area contributed by atoms with Gasteiger partial charge in [0.1, 0.15) is 6.10 Å². The van der Waals surface area contributed by atoms with Crippen LogP contribution in [0.4, 0.5) is 4.79 Å². The van der Waals surface area contributed by atoms with Gasteiger partial charge in [0.15, 0.2) is 0 Å². The van der Waals surface area contributed by atoms with Gasteiger partial charge in [-0.1, -0.05) is 25.7 Å². The Morgan fingerprint density at radius 3 is 1.73 bits per heavy atom. The molecule has 0 radical (unpaired) electrons. The van der Waals surface area contributed by atoms with Crippen molar-refractivity contribution in [1.82, 2.24) is 0 Å². The smallest absolute Gasteiger partial charge is 0.404 e. The largest absolute Gasteiger partial charge is 0.450 e. The Bertz CT molecular complexity index is 202. The standard InChI is InChI=1S/C12H19ClO2/c13-12(14)15-11(9-5-1-2-6-9)10-7-3-4-8-10/h9-11H,1-8H2. The summed E-state index contributed by atoms with van der Waals surface area (Å²) < 4.78 is 5.34. The summed E-state index contributed by atoms with van der Waals surface area (Å²) in [6.07, 6.45) is 10.1. The molecule has 0 saturated heterocycles. The first kappa shape index (κ1) is 11.3. The molecule has 0 aromatic heterocycles. The van der Waals surface area contributed by atoms with Gasteiger partial charge in [0.05, 0.1) is 0 Å². The third-order valence-corrected chi connectivity index (χ3v) is 4.05. The van der Waals surface area contributed by atoms with E-state index in [4.69, 9.17) is 16.3 Å². The molecule has 0 aliphatic heterocycles. The van der Waals surface area contributed by atoms with Crippen LogP contribution in [-0.4, -0.2) is 11.5 Å². The Balaban J connectivity index is 1.97. The Kier molecular flexibility index (Phi) is 3.90. The van der Waals surface area contributed by atoms with Gasteiger partial charge in [-0.2, -0.15) is 0 Å². The zero-order valence-corrected chi connectivity index (χ0v) is 9.84. The molecule has 2 saturated carbocycles. The maximum atomic E-state index is 10.9. The van der Waals surface area contributed by atoms with E-state index in [1.165, 1.54) is 51.4 Å². The predicted molar refractivity (Wildman–Crippen MR) is 60.0 cm³/mol. The van der Waals surface area contributed by atoms with Crippen LogP contribution >= 0.6 is 11.6 Å². The summed E-state index contributed by atoms with van der Waals surface area (Å²) in [4.78, 5) is 10.9. The number of ether oxygens (including phenoxy) is 1. The minimum atomic E-state index is -0.612. The van der Waals surface area contributed by atoms with Crippen LogP contribution in [0.1, 0.15) is 51.4 Å². The van der Waals surface area contributed by atoms with E-state index < -0.39 is 5.43 Å². The molecule has 0 bridgehead atoms. The van der Waals surface area contributed by atoms with Crippen molar-refractivity contribution in [3.63, 3.8) is 0 Å². The topological polar surface area (TPSA) is 26.3 Å². The molecule has 2 aliphatic carbocycles. The minimum absolute atomic E-state index is 0.111. The Labute approximate surface area is 96.3 Å². The fraction of sp³-hybridized carbons (Fsp3) is 0.917. The first-order valence-corrected chi connectivity index (χ1v) is 6.51. The molecule has 0 spiro atoms. The summed E-state index contributed by atoms with van der Waals surface area (Å²) in [5.41, 5.74) is -0.612. The fourth-order valence-corrected chi connectivity index (χ4v) is 3.36. The van der Waals surface area contributed by atoms with Crippen LogP contribution < -0.4 is 0 Å². The number of carbonyl (C=O) groups excluding carboxylic acids is 1. The van der Waals surface area contributed by atoms with Crippen molar-refractivity contribution < 1.29 is 9.53 Å². The molecule has 0 heterocycles. The summed E-state index contributed by atoms with van der Waals surface area (Å²) in [7, 11) is 0. The van der Waals surface area contributed by atoms with Gasteiger partial charge in [-0.15, -0.1) is 0 Å². The monoisotopic (exact) mass is 230 g/mol. The molecular formula is C12H19ClO2. The maximum Gasteiger partial charge on any atom is 0.404 e. The number of hydrogen-bond acceptors (Lipinski definition) is 2. The van der Waals surface area contributed by atoms with Crippen molar-refractivity contribution in [3.8, 4) is 0 Å². The third-order valence-electron chi connectivity index (χ3n) is 3.96. The molecule has 0 atom stereocenters. The average molecular weight is 231 g/mol. The van der Waals surface area contributed by atoms with Crippen LogP contribution in [0.2, 0.25) is 0 Å². The van der Waals surface area contributed by atoms with Gasteiger partial charge < -0.3 is 4.74 Å². The van der Waals surface area contributed by atoms with E-state index in [-0.39, 0.29) is 6.10 Å². The Morgan fingerprint density at radius 1 is 1.00 bits per heavy atom. The molecule has 2 fully saturated rings. The van der Waals surface area contributed by atoms with Gasteiger partial charge in [-0.25, -0.2) is 4.79 Å². The maximum absolute atomic E-state index is 10.9.